The predicted molar refractivity (Wildman–Crippen MR) is 71.2 cm³/mol. The lowest BCUT2D eigenvalue weighted by Crippen LogP contribution is -2.43. The zero-order chi connectivity index (χ0) is 13.9. The maximum absolute atomic E-state index is 12.1. The van der Waals surface area contributed by atoms with Crippen LogP contribution in [-0.4, -0.2) is 36.9 Å². The van der Waals surface area contributed by atoms with Gasteiger partial charge in [-0.05, 0) is 25.0 Å². The molecule has 0 bridgehead atoms. The van der Waals surface area contributed by atoms with Crippen molar-refractivity contribution in [3.63, 3.8) is 0 Å². The zero-order valence-corrected chi connectivity index (χ0v) is 11.1. The van der Waals surface area contributed by atoms with E-state index in [0.29, 0.717) is 18.4 Å². The molecule has 1 aliphatic rings. The summed E-state index contributed by atoms with van der Waals surface area (Å²) < 4.78 is 23.0. The van der Waals surface area contributed by atoms with E-state index in [9.17, 15) is 13.2 Å². The number of carbonyl (C=O) groups excluding carboxylic acids is 1. The van der Waals surface area contributed by atoms with Gasteiger partial charge in [-0.1, -0.05) is 0 Å². The smallest absolute Gasteiger partial charge is 0.255 e. The average Bonchev–Trinajstić information content (AvgIpc) is 2.37. The Kier molecular flexibility index (Phi) is 4.01. The number of carbonyl (C=O) groups is 1. The van der Waals surface area contributed by atoms with Crippen LogP contribution in [0.15, 0.2) is 18.3 Å². The van der Waals surface area contributed by atoms with Crippen LogP contribution in [0, 0.1) is 0 Å². The second kappa shape index (κ2) is 5.54. The summed E-state index contributed by atoms with van der Waals surface area (Å²) in [4.78, 5) is 16.0. The number of hydrogen-bond acceptors (Lipinski definition) is 6. The Hall–Kier alpha value is -1.67. The standard InChI is InChI=1S/C11H16N4O3S/c12-15-10-9(4-1-5-13-10)11(16)14-8-3-2-6-19(17,18)7-8/h1,4-5,8H,2-3,6-7,12H2,(H,13,15)(H,14,16). The van der Waals surface area contributed by atoms with Gasteiger partial charge in [0.1, 0.15) is 0 Å². The van der Waals surface area contributed by atoms with Gasteiger partial charge in [0.25, 0.3) is 5.91 Å². The van der Waals surface area contributed by atoms with Crippen LogP contribution in [-0.2, 0) is 9.84 Å². The van der Waals surface area contributed by atoms with E-state index in [1.165, 1.54) is 6.20 Å². The van der Waals surface area contributed by atoms with Crippen molar-refractivity contribution in [3.8, 4) is 0 Å². The average molecular weight is 284 g/mol. The maximum Gasteiger partial charge on any atom is 0.255 e. The minimum atomic E-state index is -3.05. The third-order valence-corrected chi connectivity index (χ3v) is 4.81. The highest BCUT2D eigenvalue weighted by Gasteiger charge is 2.26. The number of pyridine rings is 1. The van der Waals surface area contributed by atoms with Crippen molar-refractivity contribution in [2.24, 2.45) is 5.84 Å². The van der Waals surface area contributed by atoms with Crippen LogP contribution in [0.25, 0.3) is 0 Å². The highest BCUT2D eigenvalue weighted by atomic mass is 32.2. The fraction of sp³-hybridized carbons (Fsp3) is 0.455. The normalized spacial score (nSPS) is 21.6. The zero-order valence-electron chi connectivity index (χ0n) is 10.3. The molecule has 1 unspecified atom stereocenters. The summed E-state index contributed by atoms with van der Waals surface area (Å²) in [7, 11) is -3.05. The number of rotatable bonds is 3. The number of amides is 1. The second-order valence-electron chi connectivity index (χ2n) is 4.47. The van der Waals surface area contributed by atoms with Gasteiger partial charge >= 0.3 is 0 Å². The van der Waals surface area contributed by atoms with Crippen LogP contribution < -0.4 is 16.6 Å². The summed E-state index contributed by atoms with van der Waals surface area (Å²) in [6.45, 7) is 0. The largest absolute Gasteiger partial charge is 0.348 e. The van der Waals surface area contributed by atoms with E-state index in [1.54, 1.807) is 12.1 Å². The fourth-order valence-electron chi connectivity index (χ4n) is 2.10. The third-order valence-electron chi connectivity index (χ3n) is 2.99. The highest BCUT2D eigenvalue weighted by molar-refractivity contribution is 7.91. The number of nitrogens with zero attached hydrogens (tertiary/aromatic N) is 1. The van der Waals surface area contributed by atoms with E-state index in [2.05, 4.69) is 15.7 Å². The Labute approximate surface area is 111 Å². The lowest BCUT2D eigenvalue weighted by molar-refractivity contribution is 0.0939. The van der Waals surface area contributed by atoms with Crippen molar-refractivity contribution < 1.29 is 13.2 Å². The third kappa shape index (κ3) is 3.42. The van der Waals surface area contributed by atoms with Crippen molar-refractivity contribution >= 4 is 21.6 Å². The Morgan fingerprint density at radius 2 is 2.26 bits per heavy atom. The van der Waals surface area contributed by atoms with Gasteiger partial charge < -0.3 is 10.7 Å². The van der Waals surface area contributed by atoms with E-state index >= 15 is 0 Å². The molecule has 19 heavy (non-hydrogen) atoms. The molecule has 8 heteroatoms. The molecule has 1 atom stereocenters. The van der Waals surface area contributed by atoms with E-state index in [0.717, 1.165) is 0 Å². The monoisotopic (exact) mass is 284 g/mol. The Bertz CT molecular complexity index is 573. The number of nitrogens with one attached hydrogen (secondary N) is 2. The molecule has 0 aliphatic carbocycles. The van der Waals surface area contributed by atoms with Crippen molar-refractivity contribution in [1.29, 1.82) is 0 Å². The van der Waals surface area contributed by atoms with Gasteiger partial charge in [-0.25, -0.2) is 19.2 Å². The SMILES string of the molecule is NNc1ncccc1C(=O)NC1CCCS(=O)(=O)C1. The molecule has 1 aromatic rings. The lowest BCUT2D eigenvalue weighted by Gasteiger charge is -2.23. The topological polar surface area (TPSA) is 114 Å². The summed E-state index contributed by atoms with van der Waals surface area (Å²) in [5.41, 5.74) is 2.64. The molecule has 1 saturated heterocycles. The molecule has 0 radical (unpaired) electrons. The number of aromatic nitrogens is 1. The molecule has 1 fully saturated rings. The molecule has 2 heterocycles. The van der Waals surface area contributed by atoms with Gasteiger partial charge in [0.2, 0.25) is 0 Å². The van der Waals surface area contributed by atoms with E-state index < -0.39 is 9.84 Å². The molecule has 4 N–H and O–H groups in total. The number of nitrogens with two attached hydrogens (primary N) is 1. The summed E-state index contributed by atoms with van der Waals surface area (Å²) in [6.07, 6.45) is 2.75. The molecule has 1 aromatic heterocycles. The summed E-state index contributed by atoms with van der Waals surface area (Å²) in [5.74, 6) is 5.35. The van der Waals surface area contributed by atoms with Gasteiger partial charge in [0.05, 0.1) is 17.1 Å². The summed E-state index contributed by atoms with van der Waals surface area (Å²) in [5, 5.41) is 2.71. The van der Waals surface area contributed by atoms with Crippen molar-refractivity contribution in [1.82, 2.24) is 10.3 Å². The van der Waals surface area contributed by atoms with Crippen LogP contribution in [0.4, 0.5) is 5.82 Å². The first-order valence-corrected chi connectivity index (χ1v) is 7.77. The van der Waals surface area contributed by atoms with Gasteiger partial charge in [-0.15, -0.1) is 0 Å². The van der Waals surface area contributed by atoms with Crippen LogP contribution in [0.3, 0.4) is 0 Å². The molecule has 2 rings (SSSR count). The van der Waals surface area contributed by atoms with Crippen LogP contribution in [0.1, 0.15) is 23.2 Å². The first kappa shape index (κ1) is 13.8. The summed E-state index contributed by atoms with van der Waals surface area (Å²) >= 11 is 0. The quantitative estimate of drug-likeness (QED) is 0.517. The first-order chi connectivity index (χ1) is 9.02. The van der Waals surface area contributed by atoms with Gasteiger partial charge in [0, 0.05) is 12.2 Å². The molecular formula is C11H16N4O3S. The van der Waals surface area contributed by atoms with E-state index in [-0.39, 0.29) is 29.3 Å². The Balaban J connectivity index is 2.09. The molecular weight excluding hydrogens is 268 g/mol. The van der Waals surface area contributed by atoms with E-state index in [1.807, 2.05) is 0 Å². The predicted octanol–water partition coefficient (Wildman–Crippen LogP) is -0.326. The first-order valence-electron chi connectivity index (χ1n) is 5.95. The molecule has 7 nitrogen and oxygen atoms in total. The van der Waals surface area contributed by atoms with Crippen LogP contribution in [0.5, 0.6) is 0 Å². The number of sulfone groups is 1. The highest BCUT2D eigenvalue weighted by Crippen LogP contribution is 2.14. The molecule has 0 saturated carbocycles. The number of hydrogen-bond donors (Lipinski definition) is 3. The molecule has 104 valence electrons. The van der Waals surface area contributed by atoms with Crippen molar-refractivity contribution in [3.05, 3.63) is 23.9 Å². The lowest BCUT2D eigenvalue weighted by atomic mass is 10.1. The van der Waals surface area contributed by atoms with Gasteiger partial charge in [0.15, 0.2) is 15.7 Å². The Morgan fingerprint density at radius 1 is 1.47 bits per heavy atom. The van der Waals surface area contributed by atoms with Gasteiger partial charge in [-0.3, -0.25) is 4.79 Å². The maximum atomic E-state index is 12.1. The number of anilines is 1. The number of nitrogen functional groups attached to an aromatic ring is 1. The van der Waals surface area contributed by atoms with Crippen LogP contribution >= 0.6 is 0 Å². The molecule has 1 amide bonds. The number of hydrazine groups is 1. The summed E-state index contributed by atoms with van der Waals surface area (Å²) in [6, 6.07) is 2.85. The van der Waals surface area contributed by atoms with Gasteiger partial charge in [-0.2, -0.15) is 0 Å². The minimum Gasteiger partial charge on any atom is -0.348 e. The molecule has 0 aromatic carbocycles. The van der Waals surface area contributed by atoms with Crippen molar-refractivity contribution in [2.45, 2.75) is 18.9 Å². The molecule has 0 spiro atoms. The minimum absolute atomic E-state index is 0.00953. The Morgan fingerprint density at radius 3 is 2.95 bits per heavy atom. The molecule has 1 aliphatic heterocycles. The van der Waals surface area contributed by atoms with Crippen molar-refractivity contribution in [2.75, 3.05) is 16.9 Å². The van der Waals surface area contributed by atoms with E-state index in [4.69, 9.17) is 5.84 Å². The second-order valence-corrected chi connectivity index (χ2v) is 6.70. The fourth-order valence-corrected chi connectivity index (χ4v) is 3.74. The van der Waals surface area contributed by atoms with Crippen LogP contribution in [0.2, 0.25) is 0 Å².